The van der Waals surface area contributed by atoms with Gasteiger partial charge in [0, 0.05) is 5.69 Å². The summed E-state index contributed by atoms with van der Waals surface area (Å²) in [7, 11) is 0. The Labute approximate surface area is 109 Å². The van der Waals surface area contributed by atoms with E-state index in [9.17, 15) is 0 Å². The Bertz CT molecular complexity index is 464. The van der Waals surface area contributed by atoms with Gasteiger partial charge in [0.15, 0.2) is 0 Å². The quantitative estimate of drug-likeness (QED) is 0.858. The minimum absolute atomic E-state index is 0.132. The van der Waals surface area contributed by atoms with E-state index in [1.807, 2.05) is 30.3 Å². The number of hydrogen-bond donors (Lipinski definition) is 1. The molecule has 1 N–H and O–H groups in total. The molecule has 0 radical (unpaired) electrons. The molecule has 18 heavy (non-hydrogen) atoms. The zero-order valence-corrected chi connectivity index (χ0v) is 10.9. The normalized spacial score (nSPS) is 11.9. The van der Waals surface area contributed by atoms with Crippen LogP contribution >= 0.6 is 0 Å². The monoisotopic (exact) mass is 241 g/mol. The van der Waals surface area contributed by atoms with Crippen molar-refractivity contribution < 1.29 is 4.74 Å². The van der Waals surface area contributed by atoms with E-state index in [4.69, 9.17) is 4.74 Å². The molecule has 0 saturated carbocycles. The molecule has 2 aromatic carbocycles. The van der Waals surface area contributed by atoms with Crippen LogP contribution in [0.1, 0.15) is 12.5 Å². The molecule has 2 rings (SSSR count). The SMILES string of the molecule is Cc1ccc(OC(C)CNc2ccccc2)cc1. The number of rotatable bonds is 5. The summed E-state index contributed by atoms with van der Waals surface area (Å²) < 4.78 is 5.83. The minimum Gasteiger partial charge on any atom is -0.489 e. The molecule has 0 saturated heterocycles. The Hall–Kier alpha value is -1.96. The molecule has 2 heteroatoms. The molecule has 0 aliphatic rings. The van der Waals surface area contributed by atoms with Gasteiger partial charge in [-0.2, -0.15) is 0 Å². The molecule has 94 valence electrons. The average molecular weight is 241 g/mol. The highest BCUT2D eigenvalue weighted by Gasteiger charge is 2.03. The summed E-state index contributed by atoms with van der Waals surface area (Å²) in [6.07, 6.45) is 0.132. The first-order chi connectivity index (χ1) is 8.74. The summed E-state index contributed by atoms with van der Waals surface area (Å²) in [6, 6.07) is 18.3. The van der Waals surface area contributed by atoms with E-state index in [2.05, 4.69) is 43.4 Å². The number of anilines is 1. The molecular formula is C16H19NO. The maximum absolute atomic E-state index is 5.83. The standard InChI is InChI=1S/C16H19NO/c1-13-8-10-16(11-9-13)18-14(2)12-17-15-6-4-3-5-7-15/h3-11,14,17H,12H2,1-2H3. The average Bonchev–Trinajstić information content (AvgIpc) is 2.40. The lowest BCUT2D eigenvalue weighted by atomic mass is 10.2. The van der Waals surface area contributed by atoms with Gasteiger partial charge in [-0.05, 0) is 38.1 Å². The van der Waals surface area contributed by atoms with Crippen molar-refractivity contribution in [3.63, 3.8) is 0 Å². The second-order valence-electron chi connectivity index (χ2n) is 4.49. The van der Waals surface area contributed by atoms with E-state index in [0.717, 1.165) is 18.0 Å². The largest absolute Gasteiger partial charge is 0.489 e. The molecule has 0 aliphatic carbocycles. The lowest BCUT2D eigenvalue weighted by Crippen LogP contribution is -2.22. The van der Waals surface area contributed by atoms with Crippen LogP contribution in [-0.2, 0) is 0 Å². The Morgan fingerprint density at radius 1 is 1.00 bits per heavy atom. The Kier molecular flexibility index (Phi) is 4.24. The first kappa shape index (κ1) is 12.5. The molecule has 0 aliphatic heterocycles. The maximum atomic E-state index is 5.83. The smallest absolute Gasteiger partial charge is 0.119 e. The van der Waals surface area contributed by atoms with E-state index < -0.39 is 0 Å². The fraction of sp³-hybridized carbons (Fsp3) is 0.250. The molecule has 1 atom stereocenters. The summed E-state index contributed by atoms with van der Waals surface area (Å²) in [5, 5.41) is 3.35. The molecule has 0 bridgehead atoms. The van der Waals surface area contributed by atoms with Gasteiger partial charge in [-0.25, -0.2) is 0 Å². The number of hydrogen-bond acceptors (Lipinski definition) is 2. The van der Waals surface area contributed by atoms with Crippen LogP contribution in [-0.4, -0.2) is 12.6 Å². The van der Waals surface area contributed by atoms with Gasteiger partial charge in [0.05, 0.1) is 6.54 Å². The van der Waals surface area contributed by atoms with E-state index in [-0.39, 0.29) is 6.10 Å². The molecule has 0 spiro atoms. The zero-order valence-electron chi connectivity index (χ0n) is 10.9. The Balaban J connectivity index is 1.82. The molecule has 0 amide bonds. The third-order valence-corrected chi connectivity index (χ3v) is 2.73. The van der Waals surface area contributed by atoms with E-state index in [1.54, 1.807) is 0 Å². The first-order valence-electron chi connectivity index (χ1n) is 6.26. The van der Waals surface area contributed by atoms with Gasteiger partial charge in [-0.1, -0.05) is 35.9 Å². The van der Waals surface area contributed by atoms with Crippen LogP contribution in [0.5, 0.6) is 5.75 Å². The molecule has 0 fully saturated rings. The van der Waals surface area contributed by atoms with Crippen LogP contribution in [0.15, 0.2) is 54.6 Å². The third kappa shape index (κ3) is 3.81. The van der Waals surface area contributed by atoms with Crippen LogP contribution in [0.25, 0.3) is 0 Å². The topological polar surface area (TPSA) is 21.3 Å². The van der Waals surface area contributed by atoms with Gasteiger partial charge in [0.25, 0.3) is 0 Å². The van der Waals surface area contributed by atoms with Gasteiger partial charge in [-0.3, -0.25) is 0 Å². The summed E-state index contributed by atoms with van der Waals surface area (Å²) in [4.78, 5) is 0. The van der Waals surface area contributed by atoms with E-state index in [1.165, 1.54) is 5.56 Å². The number of ether oxygens (including phenoxy) is 1. The third-order valence-electron chi connectivity index (χ3n) is 2.73. The zero-order chi connectivity index (χ0) is 12.8. The number of para-hydroxylation sites is 1. The van der Waals surface area contributed by atoms with Gasteiger partial charge in [0.2, 0.25) is 0 Å². The second kappa shape index (κ2) is 6.10. The van der Waals surface area contributed by atoms with Crippen LogP contribution in [0.2, 0.25) is 0 Å². The van der Waals surface area contributed by atoms with Crippen LogP contribution < -0.4 is 10.1 Å². The first-order valence-corrected chi connectivity index (χ1v) is 6.26. The van der Waals surface area contributed by atoms with Crippen molar-refractivity contribution in [2.45, 2.75) is 20.0 Å². The predicted molar refractivity (Wildman–Crippen MR) is 76.2 cm³/mol. The van der Waals surface area contributed by atoms with Crippen molar-refractivity contribution in [3.05, 3.63) is 60.2 Å². The van der Waals surface area contributed by atoms with Crippen LogP contribution in [0.4, 0.5) is 5.69 Å². The minimum atomic E-state index is 0.132. The fourth-order valence-electron chi connectivity index (χ4n) is 1.71. The predicted octanol–water partition coefficient (Wildman–Crippen LogP) is 3.87. The van der Waals surface area contributed by atoms with Crippen molar-refractivity contribution in [1.82, 2.24) is 0 Å². The number of benzene rings is 2. The highest BCUT2D eigenvalue weighted by atomic mass is 16.5. The van der Waals surface area contributed by atoms with Crippen LogP contribution in [0.3, 0.4) is 0 Å². The Morgan fingerprint density at radius 3 is 2.33 bits per heavy atom. The number of aryl methyl sites for hydroxylation is 1. The maximum Gasteiger partial charge on any atom is 0.119 e. The fourth-order valence-corrected chi connectivity index (χ4v) is 1.71. The summed E-state index contributed by atoms with van der Waals surface area (Å²) >= 11 is 0. The second-order valence-corrected chi connectivity index (χ2v) is 4.49. The molecule has 2 aromatic rings. The summed E-state index contributed by atoms with van der Waals surface area (Å²) in [6.45, 7) is 4.93. The molecular weight excluding hydrogens is 222 g/mol. The molecule has 0 heterocycles. The lowest BCUT2D eigenvalue weighted by molar-refractivity contribution is 0.234. The number of nitrogens with one attached hydrogen (secondary N) is 1. The van der Waals surface area contributed by atoms with E-state index in [0.29, 0.717) is 0 Å². The van der Waals surface area contributed by atoms with Gasteiger partial charge < -0.3 is 10.1 Å². The molecule has 2 nitrogen and oxygen atoms in total. The van der Waals surface area contributed by atoms with Crippen molar-refractivity contribution >= 4 is 5.69 Å². The molecule has 0 aromatic heterocycles. The van der Waals surface area contributed by atoms with Crippen LogP contribution in [0, 0.1) is 6.92 Å². The highest BCUT2D eigenvalue weighted by Crippen LogP contribution is 2.13. The van der Waals surface area contributed by atoms with Crippen molar-refractivity contribution in [2.24, 2.45) is 0 Å². The summed E-state index contributed by atoms with van der Waals surface area (Å²) in [5.74, 6) is 0.919. The van der Waals surface area contributed by atoms with E-state index >= 15 is 0 Å². The van der Waals surface area contributed by atoms with Gasteiger partial charge in [0.1, 0.15) is 11.9 Å². The lowest BCUT2D eigenvalue weighted by Gasteiger charge is -2.16. The summed E-state index contributed by atoms with van der Waals surface area (Å²) in [5.41, 5.74) is 2.37. The van der Waals surface area contributed by atoms with Gasteiger partial charge in [-0.15, -0.1) is 0 Å². The van der Waals surface area contributed by atoms with Crippen molar-refractivity contribution in [1.29, 1.82) is 0 Å². The van der Waals surface area contributed by atoms with Crippen molar-refractivity contribution in [2.75, 3.05) is 11.9 Å². The Morgan fingerprint density at radius 2 is 1.67 bits per heavy atom. The van der Waals surface area contributed by atoms with Crippen molar-refractivity contribution in [3.8, 4) is 5.75 Å². The van der Waals surface area contributed by atoms with Gasteiger partial charge >= 0.3 is 0 Å². The molecule has 1 unspecified atom stereocenters. The highest BCUT2D eigenvalue weighted by molar-refractivity contribution is 5.42.